The topological polar surface area (TPSA) is 37.0 Å². The monoisotopic (exact) mass is 299 g/mol. The van der Waals surface area contributed by atoms with Crippen molar-refractivity contribution < 1.29 is 0 Å². The summed E-state index contributed by atoms with van der Waals surface area (Å²) in [5.74, 6) is 0. The minimum atomic E-state index is 0.650. The Morgan fingerprint density at radius 2 is 1.86 bits per heavy atom. The highest BCUT2D eigenvalue weighted by molar-refractivity contribution is 7.80. The van der Waals surface area contributed by atoms with E-state index in [0.717, 1.165) is 24.3 Å². The van der Waals surface area contributed by atoms with Crippen molar-refractivity contribution in [2.75, 3.05) is 11.9 Å². The van der Waals surface area contributed by atoms with Crippen LogP contribution in [-0.4, -0.2) is 16.6 Å². The molecule has 21 heavy (non-hydrogen) atoms. The minimum Gasteiger partial charge on any atom is -0.362 e. The summed E-state index contributed by atoms with van der Waals surface area (Å²) in [7, 11) is 0. The summed E-state index contributed by atoms with van der Waals surface area (Å²) < 4.78 is 0. The number of pyridine rings is 1. The predicted octanol–water partition coefficient (Wildman–Crippen LogP) is 3.54. The van der Waals surface area contributed by atoms with E-state index in [1.165, 1.54) is 16.7 Å². The van der Waals surface area contributed by atoms with Crippen LogP contribution in [0.15, 0.2) is 36.5 Å². The summed E-state index contributed by atoms with van der Waals surface area (Å²) in [5, 5.41) is 7.14. The Labute approximate surface area is 131 Å². The number of aromatic nitrogens is 1. The van der Waals surface area contributed by atoms with Crippen LogP contribution in [0, 0.1) is 20.8 Å². The van der Waals surface area contributed by atoms with Crippen molar-refractivity contribution in [2.45, 2.75) is 27.2 Å². The van der Waals surface area contributed by atoms with Crippen LogP contribution >= 0.6 is 12.2 Å². The van der Waals surface area contributed by atoms with Gasteiger partial charge in [-0.25, -0.2) is 0 Å². The van der Waals surface area contributed by atoms with E-state index in [1.54, 1.807) is 0 Å². The van der Waals surface area contributed by atoms with Crippen LogP contribution in [0.3, 0.4) is 0 Å². The normalized spacial score (nSPS) is 10.2. The Balaban J connectivity index is 1.86. The molecule has 0 saturated carbocycles. The van der Waals surface area contributed by atoms with Gasteiger partial charge >= 0.3 is 0 Å². The second-order valence-corrected chi connectivity index (χ2v) is 5.61. The van der Waals surface area contributed by atoms with E-state index in [-0.39, 0.29) is 0 Å². The van der Waals surface area contributed by atoms with E-state index < -0.39 is 0 Å². The molecule has 1 aromatic heterocycles. The Kier molecular flexibility index (Phi) is 5.28. The second-order valence-electron chi connectivity index (χ2n) is 5.20. The van der Waals surface area contributed by atoms with Crippen LogP contribution in [0.2, 0.25) is 0 Å². The zero-order valence-electron chi connectivity index (χ0n) is 12.7. The maximum Gasteiger partial charge on any atom is 0.170 e. The van der Waals surface area contributed by atoms with Crippen LogP contribution in [0.25, 0.3) is 0 Å². The maximum atomic E-state index is 5.34. The highest BCUT2D eigenvalue weighted by atomic mass is 32.1. The van der Waals surface area contributed by atoms with Gasteiger partial charge in [0.15, 0.2) is 5.11 Å². The van der Waals surface area contributed by atoms with E-state index in [2.05, 4.69) is 48.5 Å². The molecule has 0 spiro atoms. The van der Waals surface area contributed by atoms with E-state index in [9.17, 15) is 0 Å². The van der Waals surface area contributed by atoms with Crippen molar-refractivity contribution in [1.82, 2.24) is 10.3 Å². The van der Waals surface area contributed by atoms with Crippen molar-refractivity contribution in [3.8, 4) is 0 Å². The highest BCUT2D eigenvalue weighted by Gasteiger charge is 2.04. The van der Waals surface area contributed by atoms with Gasteiger partial charge < -0.3 is 10.6 Å². The summed E-state index contributed by atoms with van der Waals surface area (Å²) in [6, 6.07) is 10.3. The molecule has 0 radical (unpaired) electrons. The fourth-order valence-corrected chi connectivity index (χ4v) is 2.32. The number of benzene rings is 1. The Morgan fingerprint density at radius 1 is 1.10 bits per heavy atom. The summed E-state index contributed by atoms with van der Waals surface area (Å²) >= 11 is 5.34. The third kappa shape index (κ3) is 4.53. The van der Waals surface area contributed by atoms with Crippen molar-refractivity contribution in [3.05, 3.63) is 58.9 Å². The molecule has 0 aliphatic carbocycles. The van der Waals surface area contributed by atoms with Crippen LogP contribution in [0.4, 0.5) is 5.69 Å². The first kappa shape index (κ1) is 15.4. The SMILES string of the molecule is Cc1cc(C)c(NC(=S)NCCc2ccccn2)cc1C. The molecule has 3 nitrogen and oxygen atoms in total. The number of hydrogen-bond donors (Lipinski definition) is 2. The van der Waals surface area contributed by atoms with Gasteiger partial charge in [-0.3, -0.25) is 4.98 Å². The summed E-state index contributed by atoms with van der Waals surface area (Å²) in [4.78, 5) is 4.29. The zero-order chi connectivity index (χ0) is 15.2. The molecule has 0 unspecified atom stereocenters. The lowest BCUT2D eigenvalue weighted by molar-refractivity contribution is 0.847. The van der Waals surface area contributed by atoms with Crippen LogP contribution < -0.4 is 10.6 Å². The van der Waals surface area contributed by atoms with Crippen LogP contribution in [0.1, 0.15) is 22.4 Å². The first-order valence-electron chi connectivity index (χ1n) is 7.09. The van der Waals surface area contributed by atoms with Gasteiger partial charge in [-0.05, 0) is 67.9 Å². The molecule has 110 valence electrons. The lowest BCUT2D eigenvalue weighted by Gasteiger charge is -2.14. The molecular formula is C17H21N3S. The van der Waals surface area contributed by atoms with Crippen molar-refractivity contribution in [2.24, 2.45) is 0 Å². The zero-order valence-corrected chi connectivity index (χ0v) is 13.6. The number of rotatable bonds is 4. The lowest BCUT2D eigenvalue weighted by Crippen LogP contribution is -2.30. The third-order valence-electron chi connectivity index (χ3n) is 3.48. The van der Waals surface area contributed by atoms with E-state index in [4.69, 9.17) is 12.2 Å². The van der Waals surface area contributed by atoms with Crippen LogP contribution in [-0.2, 0) is 6.42 Å². The van der Waals surface area contributed by atoms with E-state index in [1.807, 2.05) is 24.4 Å². The molecule has 2 N–H and O–H groups in total. The van der Waals surface area contributed by atoms with E-state index >= 15 is 0 Å². The molecule has 1 aromatic carbocycles. The molecule has 0 bridgehead atoms. The molecule has 0 saturated heterocycles. The van der Waals surface area contributed by atoms with Gasteiger partial charge in [0.05, 0.1) is 0 Å². The molecule has 0 aliphatic rings. The summed E-state index contributed by atoms with van der Waals surface area (Å²) in [6.07, 6.45) is 2.67. The predicted molar refractivity (Wildman–Crippen MR) is 92.8 cm³/mol. The first-order chi connectivity index (χ1) is 10.1. The largest absolute Gasteiger partial charge is 0.362 e. The molecule has 2 rings (SSSR count). The minimum absolute atomic E-state index is 0.650. The fraction of sp³-hybridized carbons (Fsp3) is 0.294. The summed E-state index contributed by atoms with van der Waals surface area (Å²) in [5.41, 5.74) is 5.89. The lowest BCUT2D eigenvalue weighted by atomic mass is 10.1. The average molecular weight is 299 g/mol. The van der Waals surface area contributed by atoms with Crippen molar-refractivity contribution >= 4 is 23.0 Å². The molecule has 1 heterocycles. The molecule has 0 atom stereocenters. The Hall–Kier alpha value is -1.94. The summed E-state index contributed by atoms with van der Waals surface area (Å²) in [6.45, 7) is 7.09. The number of anilines is 1. The quantitative estimate of drug-likeness (QED) is 0.847. The molecule has 0 fully saturated rings. The molecule has 0 aliphatic heterocycles. The number of thiocarbonyl (C=S) groups is 1. The first-order valence-corrected chi connectivity index (χ1v) is 7.49. The van der Waals surface area contributed by atoms with Crippen molar-refractivity contribution in [1.29, 1.82) is 0 Å². The van der Waals surface area contributed by atoms with E-state index in [0.29, 0.717) is 5.11 Å². The van der Waals surface area contributed by atoms with Gasteiger partial charge in [0.1, 0.15) is 0 Å². The van der Waals surface area contributed by atoms with Gasteiger partial charge in [0.2, 0.25) is 0 Å². The number of aryl methyl sites for hydroxylation is 3. The average Bonchev–Trinajstić information content (AvgIpc) is 2.46. The van der Waals surface area contributed by atoms with Gasteiger partial charge in [-0.2, -0.15) is 0 Å². The Morgan fingerprint density at radius 3 is 2.57 bits per heavy atom. The second kappa shape index (κ2) is 7.18. The van der Waals surface area contributed by atoms with Crippen molar-refractivity contribution in [3.63, 3.8) is 0 Å². The number of nitrogens with one attached hydrogen (secondary N) is 2. The van der Waals surface area contributed by atoms with Gasteiger partial charge in [0.25, 0.3) is 0 Å². The van der Waals surface area contributed by atoms with Gasteiger partial charge in [-0.15, -0.1) is 0 Å². The van der Waals surface area contributed by atoms with Gasteiger partial charge in [-0.1, -0.05) is 12.1 Å². The maximum absolute atomic E-state index is 5.34. The smallest absolute Gasteiger partial charge is 0.170 e. The number of hydrogen-bond acceptors (Lipinski definition) is 2. The number of nitrogens with zero attached hydrogens (tertiary/aromatic N) is 1. The highest BCUT2D eigenvalue weighted by Crippen LogP contribution is 2.19. The fourth-order valence-electron chi connectivity index (χ4n) is 2.11. The van der Waals surface area contributed by atoms with Crippen LogP contribution in [0.5, 0.6) is 0 Å². The Bertz CT molecular complexity index is 623. The molecule has 2 aromatic rings. The van der Waals surface area contributed by atoms with Gasteiger partial charge in [0, 0.05) is 30.5 Å². The molecule has 0 amide bonds. The standard InChI is InChI=1S/C17H21N3S/c1-12-10-14(3)16(11-13(12)2)20-17(21)19-9-7-15-6-4-5-8-18-15/h4-6,8,10-11H,7,9H2,1-3H3,(H2,19,20,21). The third-order valence-corrected chi connectivity index (χ3v) is 3.73. The molecular weight excluding hydrogens is 278 g/mol. The molecule has 4 heteroatoms.